The van der Waals surface area contributed by atoms with Gasteiger partial charge in [0.1, 0.15) is 5.82 Å². The van der Waals surface area contributed by atoms with Crippen LogP contribution in [0.5, 0.6) is 0 Å². The van der Waals surface area contributed by atoms with Crippen LogP contribution in [0.3, 0.4) is 0 Å². The number of anilines is 2. The van der Waals surface area contributed by atoms with Gasteiger partial charge in [-0.15, -0.1) is 0 Å². The van der Waals surface area contributed by atoms with E-state index in [9.17, 15) is 5.11 Å². The predicted octanol–water partition coefficient (Wildman–Crippen LogP) is 5.08. The molecule has 1 unspecified atom stereocenters. The number of aryl methyl sites for hydroxylation is 1. The Morgan fingerprint density at radius 3 is 2.79 bits per heavy atom. The third-order valence-corrected chi connectivity index (χ3v) is 5.47. The van der Waals surface area contributed by atoms with Crippen LogP contribution >= 0.6 is 0 Å². The van der Waals surface area contributed by atoms with Crippen molar-refractivity contribution in [2.45, 2.75) is 58.6 Å². The molecule has 2 aromatic heterocycles. The number of fused-ring (bicyclic) bond motifs is 1. The Morgan fingerprint density at radius 1 is 1.17 bits per heavy atom. The van der Waals surface area contributed by atoms with Crippen LogP contribution in [-0.2, 0) is 6.54 Å². The molecule has 4 rings (SSSR count). The van der Waals surface area contributed by atoms with Crippen molar-refractivity contribution in [2.75, 3.05) is 11.1 Å². The van der Waals surface area contributed by atoms with Crippen molar-refractivity contribution >= 4 is 22.4 Å². The van der Waals surface area contributed by atoms with E-state index in [4.69, 9.17) is 5.73 Å². The normalized spacial score (nSPS) is 18.3. The molecule has 0 saturated heterocycles. The lowest BCUT2D eigenvalue weighted by atomic mass is 10.0. The molecule has 154 valence electrons. The van der Waals surface area contributed by atoms with Gasteiger partial charge in [-0.25, -0.2) is 4.98 Å². The minimum absolute atomic E-state index is 0.0324. The fraction of sp³-hybridized carbons (Fsp3) is 0.417. The first-order valence-electron chi connectivity index (χ1n) is 10.6. The second-order valence-electron chi connectivity index (χ2n) is 7.82. The van der Waals surface area contributed by atoms with E-state index in [1.54, 1.807) is 6.20 Å². The smallest absolute Gasteiger partial charge is 0.149 e. The summed E-state index contributed by atoms with van der Waals surface area (Å²) in [5, 5.41) is 13.7. The van der Waals surface area contributed by atoms with E-state index >= 15 is 0 Å². The van der Waals surface area contributed by atoms with Gasteiger partial charge in [-0.2, -0.15) is 0 Å². The van der Waals surface area contributed by atoms with Crippen molar-refractivity contribution in [1.29, 1.82) is 0 Å². The second-order valence-corrected chi connectivity index (χ2v) is 7.82. The van der Waals surface area contributed by atoms with Gasteiger partial charge in [-0.1, -0.05) is 31.9 Å². The fourth-order valence-corrected chi connectivity index (χ4v) is 3.85. The van der Waals surface area contributed by atoms with Crippen LogP contribution in [0.15, 0.2) is 48.7 Å². The Labute approximate surface area is 173 Å². The van der Waals surface area contributed by atoms with E-state index in [1.165, 1.54) is 31.2 Å². The summed E-state index contributed by atoms with van der Waals surface area (Å²) in [7, 11) is 0. The number of pyridine rings is 2. The summed E-state index contributed by atoms with van der Waals surface area (Å²) in [6.07, 6.45) is 7.83. The monoisotopic (exact) mass is 392 g/mol. The van der Waals surface area contributed by atoms with Crippen LogP contribution in [0.2, 0.25) is 0 Å². The fourth-order valence-electron chi connectivity index (χ4n) is 3.85. The molecular weight excluding hydrogens is 360 g/mol. The summed E-state index contributed by atoms with van der Waals surface area (Å²) >= 11 is 0. The highest BCUT2D eigenvalue weighted by molar-refractivity contribution is 5.79. The highest BCUT2D eigenvalue weighted by Crippen LogP contribution is 2.28. The number of hydrogen-bond acceptors (Lipinski definition) is 5. The van der Waals surface area contributed by atoms with Crippen LogP contribution in [0.4, 0.5) is 11.5 Å². The molecule has 2 heterocycles. The number of hydrogen-bond donors (Lipinski definition) is 3. The quantitative estimate of drug-likeness (QED) is 0.564. The number of aromatic nitrogens is 2. The average molecular weight is 393 g/mol. The highest BCUT2D eigenvalue weighted by atomic mass is 16.3. The van der Waals surface area contributed by atoms with Gasteiger partial charge in [0.25, 0.3) is 0 Å². The highest BCUT2D eigenvalue weighted by Gasteiger charge is 2.23. The van der Waals surface area contributed by atoms with E-state index in [2.05, 4.69) is 40.4 Å². The van der Waals surface area contributed by atoms with Gasteiger partial charge in [0.05, 0.1) is 17.3 Å². The molecule has 3 aromatic rings. The van der Waals surface area contributed by atoms with Crippen molar-refractivity contribution in [1.82, 2.24) is 9.97 Å². The van der Waals surface area contributed by atoms with Crippen molar-refractivity contribution in [3.05, 3.63) is 59.9 Å². The first-order chi connectivity index (χ1) is 14.1. The molecular formula is C24H32N4O. The van der Waals surface area contributed by atoms with E-state index < -0.39 is 0 Å². The molecule has 5 heteroatoms. The number of benzene rings is 1. The van der Waals surface area contributed by atoms with Gasteiger partial charge in [0.2, 0.25) is 0 Å². The summed E-state index contributed by atoms with van der Waals surface area (Å²) in [4.78, 5) is 8.72. The number of nitrogens with two attached hydrogens (primary N) is 1. The van der Waals surface area contributed by atoms with Crippen molar-refractivity contribution in [2.24, 2.45) is 5.92 Å². The van der Waals surface area contributed by atoms with Crippen LogP contribution in [0.25, 0.3) is 10.9 Å². The van der Waals surface area contributed by atoms with Crippen LogP contribution in [0.1, 0.15) is 50.3 Å². The average Bonchev–Trinajstić information content (AvgIpc) is 3.14. The molecule has 0 spiro atoms. The molecule has 0 radical (unpaired) electrons. The Morgan fingerprint density at radius 2 is 2.03 bits per heavy atom. The molecule has 1 fully saturated rings. The van der Waals surface area contributed by atoms with E-state index in [0.29, 0.717) is 18.2 Å². The molecule has 5 nitrogen and oxygen atoms in total. The summed E-state index contributed by atoms with van der Waals surface area (Å²) < 4.78 is 0. The lowest BCUT2D eigenvalue weighted by Gasteiger charge is -2.11. The Balaban J connectivity index is 0.000000224. The van der Waals surface area contributed by atoms with Gasteiger partial charge >= 0.3 is 0 Å². The SMILES string of the molecule is CCC[C@H]1CCCC1O.Cc1ccc(N)c(NCc2ccc3ncccc3c2)n1. The lowest BCUT2D eigenvalue weighted by Crippen LogP contribution is -2.11. The van der Waals surface area contributed by atoms with Gasteiger partial charge < -0.3 is 16.2 Å². The standard InChI is InChI=1S/C16H16N4.C8H16O/c1-11-4-6-14(17)16(20-11)19-10-12-5-7-15-13(9-12)3-2-8-18-15;1-2-4-7-5-3-6-8(7)9/h2-9H,10,17H2,1H3,(H,19,20);7-9H,2-6H2,1H3/t;7-,8?/m.0/s1. The number of aliphatic hydroxyl groups is 1. The lowest BCUT2D eigenvalue weighted by molar-refractivity contribution is 0.127. The maximum absolute atomic E-state index is 9.32. The first kappa shape index (κ1) is 21.1. The van der Waals surface area contributed by atoms with Gasteiger partial charge in [-0.3, -0.25) is 4.98 Å². The molecule has 0 aliphatic heterocycles. The van der Waals surface area contributed by atoms with Crippen molar-refractivity contribution < 1.29 is 5.11 Å². The molecule has 0 amide bonds. The van der Waals surface area contributed by atoms with E-state index in [1.807, 2.05) is 31.2 Å². The zero-order chi connectivity index (χ0) is 20.6. The predicted molar refractivity (Wildman–Crippen MR) is 121 cm³/mol. The Bertz CT molecular complexity index is 928. The molecule has 1 aliphatic rings. The minimum Gasteiger partial charge on any atom is -0.396 e. The zero-order valence-corrected chi connectivity index (χ0v) is 17.4. The maximum atomic E-state index is 9.32. The van der Waals surface area contributed by atoms with Crippen LogP contribution < -0.4 is 11.1 Å². The first-order valence-corrected chi connectivity index (χ1v) is 10.6. The van der Waals surface area contributed by atoms with Crippen molar-refractivity contribution in [3.8, 4) is 0 Å². The molecule has 1 aliphatic carbocycles. The second kappa shape index (κ2) is 10.2. The van der Waals surface area contributed by atoms with Crippen LogP contribution in [0, 0.1) is 12.8 Å². The summed E-state index contributed by atoms with van der Waals surface area (Å²) in [6, 6.07) is 14.0. The van der Waals surface area contributed by atoms with Crippen LogP contribution in [-0.4, -0.2) is 21.2 Å². The molecule has 0 bridgehead atoms. The Kier molecular flexibility index (Phi) is 7.42. The molecule has 2 atom stereocenters. The minimum atomic E-state index is 0.0324. The summed E-state index contributed by atoms with van der Waals surface area (Å²) in [6.45, 7) is 4.82. The van der Waals surface area contributed by atoms with Gasteiger partial charge in [0, 0.05) is 23.8 Å². The number of aliphatic hydroxyl groups excluding tert-OH is 1. The molecule has 1 aromatic carbocycles. The topological polar surface area (TPSA) is 84.1 Å². The van der Waals surface area contributed by atoms with E-state index in [0.717, 1.165) is 28.8 Å². The molecule has 4 N–H and O–H groups in total. The van der Waals surface area contributed by atoms with Crippen molar-refractivity contribution in [3.63, 3.8) is 0 Å². The third kappa shape index (κ3) is 5.91. The number of nitrogen functional groups attached to an aromatic ring is 1. The number of nitrogens with one attached hydrogen (secondary N) is 1. The van der Waals surface area contributed by atoms with E-state index in [-0.39, 0.29) is 6.10 Å². The maximum Gasteiger partial charge on any atom is 0.149 e. The largest absolute Gasteiger partial charge is 0.396 e. The zero-order valence-electron chi connectivity index (χ0n) is 17.4. The summed E-state index contributed by atoms with van der Waals surface area (Å²) in [5.74, 6) is 1.37. The van der Waals surface area contributed by atoms with Gasteiger partial charge in [0.15, 0.2) is 0 Å². The van der Waals surface area contributed by atoms with Gasteiger partial charge in [-0.05, 0) is 68.0 Å². The summed E-state index contributed by atoms with van der Waals surface area (Å²) in [5.41, 5.74) is 9.70. The molecule has 29 heavy (non-hydrogen) atoms. The number of rotatable bonds is 5. The number of nitrogens with zero attached hydrogens (tertiary/aromatic N) is 2. The molecule has 1 saturated carbocycles. The Hall–Kier alpha value is -2.66. The third-order valence-electron chi connectivity index (χ3n) is 5.47.